The van der Waals surface area contributed by atoms with E-state index < -0.39 is 5.63 Å². The molecule has 5 heteroatoms. The minimum Gasteiger partial charge on any atom is -0.450 e. The lowest BCUT2D eigenvalue weighted by atomic mass is 10.1. The van der Waals surface area contributed by atoms with Crippen molar-refractivity contribution in [1.29, 1.82) is 0 Å². The van der Waals surface area contributed by atoms with Crippen LogP contribution >= 0.6 is 0 Å². The predicted octanol–water partition coefficient (Wildman–Crippen LogP) is 2.59. The lowest BCUT2D eigenvalue weighted by Gasteiger charge is -2.08. The zero-order valence-corrected chi connectivity index (χ0v) is 11.2. The van der Waals surface area contributed by atoms with Gasteiger partial charge in [-0.2, -0.15) is 4.98 Å². The summed E-state index contributed by atoms with van der Waals surface area (Å²) in [5.74, 6) is 0.567. The lowest BCUT2D eigenvalue weighted by molar-refractivity contribution is 0.201. The molecule has 0 saturated heterocycles. The fourth-order valence-corrected chi connectivity index (χ4v) is 1.71. The van der Waals surface area contributed by atoms with E-state index in [1.165, 1.54) is 0 Å². The molecule has 0 radical (unpaired) electrons. The standard InChI is InChI=1S/C14H18N2O3/c1-3-9(2)7-8-18-14-16-12-10(13(17)19-14)5-4-6-11(12)15/h4-6,9H,3,7-8,15H2,1-2H3. The van der Waals surface area contributed by atoms with Crippen LogP contribution in [0.25, 0.3) is 10.9 Å². The van der Waals surface area contributed by atoms with Gasteiger partial charge in [0.25, 0.3) is 0 Å². The number of rotatable bonds is 5. The summed E-state index contributed by atoms with van der Waals surface area (Å²) in [6.07, 6.45) is 1.97. The molecule has 1 aromatic heterocycles. The van der Waals surface area contributed by atoms with Crippen LogP contribution in [0.2, 0.25) is 0 Å². The number of para-hydroxylation sites is 1. The molecule has 5 nitrogen and oxygen atoms in total. The van der Waals surface area contributed by atoms with Crippen molar-refractivity contribution in [2.75, 3.05) is 12.3 Å². The maximum absolute atomic E-state index is 11.8. The number of nitrogen functional groups attached to an aromatic ring is 1. The molecule has 1 unspecified atom stereocenters. The van der Waals surface area contributed by atoms with Crippen molar-refractivity contribution in [2.24, 2.45) is 5.92 Å². The minimum atomic E-state index is -0.476. The summed E-state index contributed by atoms with van der Waals surface area (Å²) in [6.45, 7) is 4.74. The van der Waals surface area contributed by atoms with Crippen LogP contribution in [0, 0.1) is 5.92 Å². The fraction of sp³-hybridized carbons (Fsp3) is 0.429. The fourth-order valence-electron chi connectivity index (χ4n) is 1.71. The van der Waals surface area contributed by atoms with Crippen LogP contribution < -0.4 is 16.1 Å². The van der Waals surface area contributed by atoms with Crippen LogP contribution in [-0.4, -0.2) is 11.6 Å². The van der Waals surface area contributed by atoms with Crippen LogP contribution in [0.15, 0.2) is 27.4 Å². The second-order valence-corrected chi connectivity index (χ2v) is 4.66. The van der Waals surface area contributed by atoms with E-state index in [1.54, 1.807) is 18.2 Å². The Morgan fingerprint density at radius 3 is 3.00 bits per heavy atom. The van der Waals surface area contributed by atoms with E-state index in [0.717, 1.165) is 12.8 Å². The number of hydrogen-bond acceptors (Lipinski definition) is 5. The second kappa shape index (κ2) is 5.73. The van der Waals surface area contributed by atoms with Gasteiger partial charge in [-0.25, -0.2) is 4.79 Å². The number of nitrogens with two attached hydrogens (primary N) is 1. The Labute approximate surface area is 111 Å². The monoisotopic (exact) mass is 262 g/mol. The predicted molar refractivity (Wildman–Crippen MR) is 74.3 cm³/mol. The molecule has 1 heterocycles. The zero-order chi connectivity index (χ0) is 13.8. The highest BCUT2D eigenvalue weighted by molar-refractivity contribution is 5.88. The van der Waals surface area contributed by atoms with Gasteiger partial charge in [0.15, 0.2) is 0 Å². The Kier molecular flexibility index (Phi) is 4.04. The van der Waals surface area contributed by atoms with Gasteiger partial charge in [0.2, 0.25) is 0 Å². The van der Waals surface area contributed by atoms with Crippen molar-refractivity contribution < 1.29 is 9.15 Å². The van der Waals surface area contributed by atoms with Crippen molar-refractivity contribution in [1.82, 2.24) is 4.98 Å². The Morgan fingerprint density at radius 2 is 2.26 bits per heavy atom. The molecule has 0 aliphatic carbocycles. The molecule has 0 saturated carbocycles. The van der Waals surface area contributed by atoms with Crippen molar-refractivity contribution in [2.45, 2.75) is 26.7 Å². The average Bonchev–Trinajstić information content (AvgIpc) is 2.40. The maximum Gasteiger partial charge on any atom is 0.397 e. The molecule has 2 rings (SSSR count). The maximum atomic E-state index is 11.8. The summed E-state index contributed by atoms with van der Waals surface area (Å²) in [5, 5.41) is 0.370. The van der Waals surface area contributed by atoms with Gasteiger partial charge < -0.3 is 14.9 Å². The normalized spacial score (nSPS) is 12.5. The van der Waals surface area contributed by atoms with E-state index in [1.807, 2.05) is 0 Å². The quantitative estimate of drug-likeness (QED) is 0.838. The molecular weight excluding hydrogens is 244 g/mol. The molecule has 102 valence electrons. The summed E-state index contributed by atoms with van der Waals surface area (Å²) in [6, 6.07) is 5.02. The molecule has 0 fully saturated rings. The first-order valence-electron chi connectivity index (χ1n) is 6.44. The Bertz CT molecular complexity index is 622. The van der Waals surface area contributed by atoms with Gasteiger partial charge in [-0.05, 0) is 24.5 Å². The molecule has 2 N–H and O–H groups in total. The smallest absolute Gasteiger partial charge is 0.397 e. The molecule has 0 bridgehead atoms. The Morgan fingerprint density at radius 1 is 1.47 bits per heavy atom. The highest BCUT2D eigenvalue weighted by Gasteiger charge is 2.09. The summed E-state index contributed by atoms with van der Waals surface area (Å²) in [5.41, 5.74) is 6.19. The van der Waals surface area contributed by atoms with Gasteiger partial charge in [0, 0.05) is 0 Å². The first-order valence-corrected chi connectivity index (χ1v) is 6.44. The summed E-state index contributed by atoms with van der Waals surface area (Å²) < 4.78 is 10.4. The van der Waals surface area contributed by atoms with E-state index in [0.29, 0.717) is 29.1 Å². The van der Waals surface area contributed by atoms with Crippen LogP contribution in [0.3, 0.4) is 0 Å². The molecule has 2 aromatic rings. The van der Waals surface area contributed by atoms with Gasteiger partial charge in [-0.3, -0.25) is 0 Å². The molecule has 1 atom stereocenters. The second-order valence-electron chi connectivity index (χ2n) is 4.66. The number of fused-ring (bicyclic) bond motifs is 1. The van der Waals surface area contributed by atoms with Crippen LogP contribution in [0.1, 0.15) is 26.7 Å². The highest BCUT2D eigenvalue weighted by atomic mass is 16.6. The summed E-state index contributed by atoms with van der Waals surface area (Å²) >= 11 is 0. The number of hydrogen-bond donors (Lipinski definition) is 1. The Hall–Kier alpha value is -2.04. The number of ether oxygens (including phenoxy) is 1. The number of aromatic nitrogens is 1. The third kappa shape index (κ3) is 3.05. The van der Waals surface area contributed by atoms with Crippen molar-refractivity contribution in [3.8, 4) is 6.08 Å². The first-order chi connectivity index (χ1) is 9.11. The van der Waals surface area contributed by atoms with E-state index in [9.17, 15) is 4.79 Å². The highest BCUT2D eigenvalue weighted by Crippen LogP contribution is 2.18. The van der Waals surface area contributed by atoms with E-state index in [2.05, 4.69) is 18.8 Å². The van der Waals surface area contributed by atoms with Gasteiger partial charge in [0.1, 0.15) is 5.52 Å². The molecule has 0 spiro atoms. The molecule has 0 aliphatic rings. The van der Waals surface area contributed by atoms with Gasteiger partial charge in [-0.1, -0.05) is 26.3 Å². The lowest BCUT2D eigenvalue weighted by Crippen LogP contribution is -2.09. The van der Waals surface area contributed by atoms with E-state index in [-0.39, 0.29) is 6.08 Å². The van der Waals surface area contributed by atoms with Gasteiger partial charge in [0.05, 0.1) is 17.7 Å². The Balaban J connectivity index is 2.21. The molecular formula is C14H18N2O3. The zero-order valence-electron chi connectivity index (χ0n) is 11.2. The van der Waals surface area contributed by atoms with Crippen molar-refractivity contribution in [3.05, 3.63) is 28.6 Å². The number of nitrogens with zero attached hydrogens (tertiary/aromatic N) is 1. The van der Waals surface area contributed by atoms with E-state index >= 15 is 0 Å². The number of anilines is 1. The van der Waals surface area contributed by atoms with Crippen LogP contribution in [0.4, 0.5) is 5.69 Å². The summed E-state index contributed by atoms with van der Waals surface area (Å²) in [4.78, 5) is 15.9. The third-order valence-corrected chi connectivity index (χ3v) is 3.20. The van der Waals surface area contributed by atoms with Crippen LogP contribution in [0.5, 0.6) is 6.08 Å². The average molecular weight is 262 g/mol. The molecule has 0 aliphatic heterocycles. The molecule has 0 amide bonds. The first kappa shape index (κ1) is 13.4. The summed E-state index contributed by atoms with van der Waals surface area (Å²) in [7, 11) is 0. The van der Waals surface area contributed by atoms with Crippen molar-refractivity contribution in [3.63, 3.8) is 0 Å². The minimum absolute atomic E-state index is 0.0151. The third-order valence-electron chi connectivity index (χ3n) is 3.20. The van der Waals surface area contributed by atoms with Gasteiger partial charge >= 0.3 is 11.7 Å². The van der Waals surface area contributed by atoms with E-state index in [4.69, 9.17) is 14.9 Å². The number of benzene rings is 1. The molecule has 1 aromatic carbocycles. The SMILES string of the molecule is CCC(C)CCOc1nc2c(N)cccc2c(=O)o1. The topological polar surface area (TPSA) is 78.4 Å². The molecule has 19 heavy (non-hydrogen) atoms. The van der Waals surface area contributed by atoms with Crippen LogP contribution in [-0.2, 0) is 0 Å². The van der Waals surface area contributed by atoms with Crippen molar-refractivity contribution >= 4 is 16.6 Å². The largest absolute Gasteiger partial charge is 0.450 e. The van der Waals surface area contributed by atoms with Gasteiger partial charge in [-0.15, -0.1) is 0 Å².